The maximum Gasteiger partial charge on any atom is 0.336 e. The number of allylic oxidation sites excluding steroid dienone is 3. The van der Waals surface area contributed by atoms with Gasteiger partial charge in [0.05, 0.1) is 22.8 Å². The Balaban J connectivity index is 1.63. The molecular weight excluding hydrogens is 708 g/mol. The zero-order valence-electron chi connectivity index (χ0n) is 31.1. The Kier molecular flexibility index (Phi) is 13.9. The number of rotatable bonds is 14. The average Bonchev–Trinajstić information content (AvgIpc) is 3.08. The minimum Gasteiger partial charge on any atom is -0.489 e. The van der Waals surface area contributed by atoms with E-state index < -0.39 is 77.8 Å². The van der Waals surface area contributed by atoms with Gasteiger partial charge in [0.15, 0.2) is 18.3 Å². The number of esters is 5. The van der Waals surface area contributed by atoms with E-state index in [2.05, 4.69) is 5.32 Å². The quantitative estimate of drug-likeness (QED) is 0.125. The molecular formula is C38H44N2O14. The number of carbonyl (C=O) groups excluding carboxylic acids is 5. The lowest BCUT2D eigenvalue weighted by molar-refractivity contribution is -0.431. The summed E-state index contributed by atoms with van der Waals surface area (Å²) in [5.74, 6) is -4.78. The Morgan fingerprint density at radius 3 is 1.94 bits per heavy atom. The highest BCUT2D eigenvalue weighted by molar-refractivity contribution is 5.92. The van der Waals surface area contributed by atoms with Crippen LogP contribution >= 0.6 is 0 Å². The van der Waals surface area contributed by atoms with Gasteiger partial charge in [-0.25, -0.2) is 4.79 Å². The molecule has 0 aromatic heterocycles. The lowest BCUT2D eigenvalue weighted by Gasteiger charge is -2.44. The number of nitrogens with one attached hydrogen (secondary N) is 1. The molecule has 2 aromatic rings. The summed E-state index contributed by atoms with van der Waals surface area (Å²) in [4.78, 5) is 74.1. The fourth-order valence-electron chi connectivity index (χ4n) is 6.39. The largest absolute Gasteiger partial charge is 0.489 e. The first-order chi connectivity index (χ1) is 25.6. The number of dihydropyridines is 1. The van der Waals surface area contributed by atoms with Gasteiger partial charge in [-0.15, -0.1) is 0 Å². The SMILES string of the molecule is CC(=O)OC[C@H]1O[C@@H](CCOC(=O)C2=C(C)NC(C)=C([N+](=O)[O-])C2c2ccccc2OCc2ccc(C)cc2)[C@H](OC(C)=O)[C@@H](OC(C)=O)[C@@H]1OC(C)=O. The van der Waals surface area contributed by atoms with E-state index in [1.807, 2.05) is 31.2 Å². The summed E-state index contributed by atoms with van der Waals surface area (Å²) in [5, 5.41) is 15.5. The number of benzene rings is 2. The third-order valence-corrected chi connectivity index (χ3v) is 8.61. The highest BCUT2D eigenvalue weighted by atomic mass is 16.7. The van der Waals surface area contributed by atoms with E-state index in [1.165, 1.54) is 6.92 Å². The molecule has 4 rings (SSSR count). The maximum absolute atomic E-state index is 14.0. The van der Waals surface area contributed by atoms with Crippen molar-refractivity contribution in [3.63, 3.8) is 0 Å². The number of ether oxygens (including phenoxy) is 7. The van der Waals surface area contributed by atoms with E-state index in [9.17, 15) is 34.1 Å². The number of nitrogens with zero attached hydrogens (tertiary/aromatic N) is 1. The molecule has 1 fully saturated rings. The monoisotopic (exact) mass is 752 g/mol. The Hall–Kier alpha value is -5.77. The number of nitro groups is 1. The van der Waals surface area contributed by atoms with E-state index in [0.29, 0.717) is 17.0 Å². The van der Waals surface area contributed by atoms with Gasteiger partial charge in [0.25, 0.3) is 5.70 Å². The molecule has 290 valence electrons. The molecule has 0 spiro atoms. The van der Waals surface area contributed by atoms with Crippen LogP contribution in [0, 0.1) is 17.0 Å². The van der Waals surface area contributed by atoms with Crippen LogP contribution in [0.3, 0.4) is 0 Å². The number of hydrogen-bond donors (Lipinski definition) is 1. The van der Waals surface area contributed by atoms with Crippen molar-refractivity contribution < 1.29 is 62.1 Å². The molecule has 2 aromatic carbocycles. The van der Waals surface area contributed by atoms with Crippen LogP contribution in [0.4, 0.5) is 0 Å². The summed E-state index contributed by atoms with van der Waals surface area (Å²) in [6, 6.07) is 14.4. The third-order valence-electron chi connectivity index (χ3n) is 8.61. The second kappa shape index (κ2) is 18.3. The minimum atomic E-state index is -1.39. The summed E-state index contributed by atoms with van der Waals surface area (Å²) >= 11 is 0. The molecule has 2 aliphatic rings. The van der Waals surface area contributed by atoms with Gasteiger partial charge in [-0.2, -0.15) is 0 Å². The van der Waals surface area contributed by atoms with Gasteiger partial charge in [-0.05, 0) is 32.4 Å². The van der Waals surface area contributed by atoms with Gasteiger partial charge in [-0.3, -0.25) is 29.3 Å². The molecule has 16 heteroatoms. The molecule has 1 N–H and O–H groups in total. The second-order valence-electron chi connectivity index (χ2n) is 12.8. The Bertz CT molecular complexity index is 1820. The molecule has 1 unspecified atom stereocenters. The molecule has 2 heterocycles. The molecule has 0 bridgehead atoms. The lowest BCUT2D eigenvalue weighted by atomic mass is 9.83. The Morgan fingerprint density at radius 1 is 0.759 bits per heavy atom. The van der Waals surface area contributed by atoms with Crippen molar-refractivity contribution in [1.82, 2.24) is 5.32 Å². The van der Waals surface area contributed by atoms with Gasteiger partial charge in [0, 0.05) is 45.4 Å². The van der Waals surface area contributed by atoms with Gasteiger partial charge < -0.3 is 38.5 Å². The molecule has 1 saturated heterocycles. The highest BCUT2D eigenvalue weighted by Gasteiger charge is 2.52. The molecule has 6 atom stereocenters. The number of para-hydroxylation sites is 1. The van der Waals surface area contributed by atoms with Crippen LogP contribution in [0.15, 0.2) is 71.2 Å². The number of aryl methyl sites for hydroxylation is 1. The number of carbonyl (C=O) groups is 5. The van der Waals surface area contributed by atoms with Crippen molar-refractivity contribution in [3.05, 3.63) is 98.0 Å². The van der Waals surface area contributed by atoms with Crippen LogP contribution in [0.2, 0.25) is 0 Å². The minimum absolute atomic E-state index is 0.0415. The first-order valence-electron chi connectivity index (χ1n) is 17.1. The van der Waals surface area contributed by atoms with Crippen molar-refractivity contribution in [2.45, 2.75) is 97.9 Å². The Labute approximate surface area is 311 Å². The van der Waals surface area contributed by atoms with E-state index >= 15 is 0 Å². The third kappa shape index (κ3) is 10.4. The zero-order chi connectivity index (χ0) is 39.7. The number of hydrogen-bond acceptors (Lipinski definition) is 15. The molecule has 2 aliphatic heterocycles. The topological polar surface area (TPSA) is 205 Å². The fraction of sp³-hybridized carbons (Fsp3) is 0.447. The second-order valence-corrected chi connectivity index (χ2v) is 12.8. The molecule has 0 aliphatic carbocycles. The van der Waals surface area contributed by atoms with Crippen LogP contribution in [-0.2, 0) is 59.0 Å². The molecule has 16 nitrogen and oxygen atoms in total. The fourth-order valence-corrected chi connectivity index (χ4v) is 6.39. The smallest absolute Gasteiger partial charge is 0.336 e. The first-order valence-corrected chi connectivity index (χ1v) is 17.1. The van der Waals surface area contributed by atoms with Crippen molar-refractivity contribution in [3.8, 4) is 5.75 Å². The molecule has 0 amide bonds. The summed E-state index contributed by atoms with van der Waals surface area (Å²) in [6.07, 6.45) is -6.58. The average molecular weight is 753 g/mol. The van der Waals surface area contributed by atoms with Gasteiger partial charge >= 0.3 is 29.8 Å². The van der Waals surface area contributed by atoms with Crippen molar-refractivity contribution >= 4 is 29.8 Å². The van der Waals surface area contributed by atoms with Crippen LogP contribution < -0.4 is 10.1 Å². The van der Waals surface area contributed by atoms with E-state index in [0.717, 1.165) is 38.8 Å². The summed E-state index contributed by atoms with van der Waals surface area (Å²) in [7, 11) is 0. The predicted molar refractivity (Wildman–Crippen MR) is 188 cm³/mol. The van der Waals surface area contributed by atoms with Crippen molar-refractivity contribution in [2.24, 2.45) is 0 Å². The molecule has 0 saturated carbocycles. The standard InChI is InChI=1S/C38H44N2O14/c1-20-12-14-27(15-13-20)18-50-29-11-9-8-10-28(29)33-32(21(2)39-22(3)34(33)40(46)47)38(45)48-17-16-30-35(51-24(5)42)37(53-26(7)44)36(52-25(6)43)31(54-30)19-49-23(4)41/h8-15,30-31,33,35-37,39H,16-19H2,1-7H3/t30-,31+,33?,35-,36+,37+/m0/s1. The van der Waals surface area contributed by atoms with E-state index in [1.54, 1.807) is 31.2 Å². The molecule has 0 radical (unpaired) electrons. The van der Waals surface area contributed by atoms with Crippen LogP contribution in [0.1, 0.15) is 70.6 Å². The maximum atomic E-state index is 14.0. The van der Waals surface area contributed by atoms with Gasteiger partial charge in [0.2, 0.25) is 0 Å². The van der Waals surface area contributed by atoms with Gasteiger partial charge in [-0.1, -0.05) is 48.0 Å². The lowest BCUT2D eigenvalue weighted by Crippen LogP contribution is -2.62. The first kappa shape index (κ1) is 41.0. The van der Waals surface area contributed by atoms with Crippen molar-refractivity contribution in [2.75, 3.05) is 13.2 Å². The Morgan fingerprint density at radius 2 is 1.35 bits per heavy atom. The van der Waals surface area contributed by atoms with Crippen LogP contribution in [0.5, 0.6) is 5.75 Å². The van der Waals surface area contributed by atoms with Crippen LogP contribution in [-0.4, -0.2) is 78.5 Å². The van der Waals surface area contributed by atoms with Crippen LogP contribution in [0.25, 0.3) is 0 Å². The van der Waals surface area contributed by atoms with Gasteiger partial charge in [0.1, 0.15) is 37.1 Å². The zero-order valence-corrected chi connectivity index (χ0v) is 31.1. The van der Waals surface area contributed by atoms with E-state index in [-0.39, 0.29) is 36.6 Å². The van der Waals surface area contributed by atoms with E-state index in [4.69, 9.17) is 33.2 Å². The normalized spacial score (nSPS) is 22.4. The van der Waals surface area contributed by atoms with Crippen molar-refractivity contribution in [1.29, 1.82) is 0 Å². The molecule has 54 heavy (non-hydrogen) atoms. The summed E-state index contributed by atoms with van der Waals surface area (Å²) in [6.45, 7) is 8.95. The summed E-state index contributed by atoms with van der Waals surface area (Å²) < 4.78 is 39.5. The predicted octanol–water partition coefficient (Wildman–Crippen LogP) is 4.10. The highest BCUT2D eigenvalue weighted by Crippen LogP contribution is 2.43. The summed E-state index contributed by atoms with van der Waals surface area (Å²) in [5.41, 5.74) is 2.53.